The van der Waals surface area contributed by atoms with Crippen LogP contribution in [0.15, 0.2) is 0 Å². The van der Waals surface area contributed by atoms with E-state index in [1.807, 2.05) is 0 Å². The molecule has 1 saturated carbocycles. The van der Waals surface area contributed by atoms with Crippen molar-refractivity contribution in [1.82, 2.24) is 0 Å². The Hall–Kier alpha value is 0.0649. The highest BCUT2D eigenvalue weighted by Crippen LogP contribution is 2.57. The van der Waals surface area contributed by atoms with Gasteiger partial charge in [-0.2, -0.15) is 0 Å². The maximum Gasteiger partial charge on any atom is 0.105 e. The fourth-order valence-electron chi connectivity index (χ4n) is 4.36. The molecule has 4 atom stereocenters. The smallest absolute Gasteiger partial charge is 0.0664 e. The van der Waals surface area contributed by atoms with Gasteiger partial charge in [0.15, 0.2) is 0 Å². The molecule has 0 amide bonds. The summed E-state index contributed by atoms with van der Waals surface area (Å²) < 4.78 is 0. The number of hydrogen-bond acceptors (Lipinski definition) is 0. The molecule has 17 heavy (non-hydrogen) atoms. The predicted octanol–water partition coefficient (Wildman–Crippen LogP) is 4.55. The van der Waals surface area contributed by atoms with Crippen molar-refractivity contribution >= 4 is 7.85 Å². The van der Waals surface area contributed by atoms with Gasteiger partial charge in [0.1, 0.15) is 7.85 Å². The second kappa shape index (κ2) is 4.98. The van der Waals surface area contributed by atoms with Crippen LogP contribution >= 0.6 is 0 Å². The minimum Gasteiger partial charge on any atom is -0.0664 e. The number of rotatable bonds is 3. The van der Waals surface area contributed by atoms with Gasteiger partial charge in [-0.05, 0) is 41.4 Å². The van der Waals surface area contributed by atoms with Gasteiger partial charge in [0.05, 0.1) is 0 Å². The molecule has 0 nitrogen and oxygen atoms in total. The average molecular weight is 236 g/mol. The standard InChI is InChI=1S/C16H33B/c1-11(2)8-16(7)10-14(17)12(3)13(16)9-15(4,5)6/h11-14H,8-10,17H2,1-7H3. The summed E-state index contributed by atoms with van der Waals surface area (Å²) in [5, 5.41) is 0. The Labute approximate surface area is 110 Å². The summed E-state index contributed by atoms with van der Waals surface area (Å²) in [5.74, 6) is 3.56. The van der Waals surface area contributed by atoms with Crippen LogP contribution in [-0.2, 0) is 0 Å². The van der Waals surface area contributed by atoms with Crippen molar-refractivity contribution in [3.05, 3.63) is 0 Å². The maximum absolute atomic E-state index is 2.56. The first-order valence-electron chi connectivity index (χ1n) is 7.55. The highest BCUT2D eigenvalue weighted by atomic mass is 14.5. The molecule has 0 radical (unpaired) electrons. The van der Waals surface area contributed by atoms with E-state index in [2.05, 4.69) is 56.3 Å². The van der Waals surface area contributed by atoms with Crippen LogP contribution in [0, 0.1) is 28.6 Å². The van der Waals surface area contributed by atoms with Crippen LogP contribution in [0.25, 0.3) is 0 Å². The molecule has 1 rings (SSSR count). The van der Waals surface area contributed by atoms with Crippen LogP contribution in [0.4, 0.5) is 0 Å². The molecule has 0 bridgehead atoms. The van der Waals surface area contributed by atoms with Crippen molar-refractivity contribution in [2.75, 3.05) is 0 Å². The summed E-state index contributed by atoms with van der Waals surface area (Å²) in [4.78, 5) is 0. The Morgan fingerprint density at radius 2 is 1.82 bits per heavy atom. The van der Waals surface area contributed by atoms with Gasteiger partial charge in [-0.25, -0.2) is 0 Å². The SMILES string of the molecule is BC1CC(C)(CC(C)C)C(CC(C)(C)C)C1C. The minimum atomic E-state index is 0.473. The van der Waals surface area contributed by atoms with E-state index in [-0.39, 0.29) is 0 Å². The molecule has 0 aromatic carbocycles. The molecule has 1 heteroatoms. The summed E-state index contributed by atoms with van der Waals surface area (Å²) in [6, 6.07) is 0. The quantitative estimate of drug-likeness (QED) is 0.630. The van der Waals surface area contributed by atoms with Gasteiger partial charge in [-0.1, -0.05) is 60.7 Å². The lowest BCUT2D eigenvalue weighted by Crippen LogP contribution is -2.30. The van der Waals surface area contributed by atoms with E-state index < -0.39 is 0 Å². The largest absolute Gasteiger partial charge is 0.105 e. The van der Waals surface area contributed by atoms with E-state index in [1.165, 1.54) is 19.3 Å². The molecule has 100 valence electrons. The fraction of sp³-hybridized carbons (Fsp3) is 1.00. The van der Waals surface area contributed by atoms with E-state index >= 15 is 0 Å². The van der Waals surface area contributed by atoms with Crippen molar-refractivity contribution in [1.29, 1.82) is 0 Å². The van der Waals surface area contributed by atoms with Gasteiger partial charge >= 0.3 is 0 Å². The van der Waals surface area contributed by atoms with E-state index in [4.69, 9.17) is 0 Å². The van der Waals surface area contributed by atoms with Crippen molar-refractivity contribution < 1.29 is 0 Å². The van der Waals surface area contributed by atoms with E-state index in [9.17, 15) is 0 Å². The lowest BCUT2D eigenvalue weighted by molar-refractivity contribution is 0.112. The zero-order chi connectivity index (χ0) is 13.4. The predicted molar refractivity (Wildman–Crippen MR) is 81.2 cm³/mol. The molecule has 0 heterocycles. The molecule has 4 unspecified atom stereocenters. The lowest BCUT2D eigenvalue weighted by Gasteiger charge is -2.39. The Morgan fingerprint density at radius 1 is 1.29 bits per heavy atom. The molecule has 0 spiro atoms. The summed E-state index contributed by atoms with van der Waals surface area (Å²) in [7, 11) is 2.46. The third-order valence-electron chi connectivity index (χ3n) is 4.92. The molecule has 0 aromatic rings. The average Bonchev–Trinajstić information content (AvgIpc) is 2.26. The monoisotopic (exact) mass is 236 g/mol. The Kier molecular flexibility index (Phi) is 4.43. The zero-order valence-electron chi connectivity index (χ0n) is 13.4. The molecular formula is C16H33B. The molecule has 1 aliphatic rings. The van der Waals surface area contributed by atoms with Gasteiger partial charge in [-0.3, -0.25) is 0 Å². The van der Waals surface area contributed by atoms with Gasteiger partial charge < -0.3 is 0 Å². The van der Waals surface area contributed by atoms with Crippen LogP contribution < -0.4 is 0 Å². The highest BCUT2D eigenvalue weighted by Gasteiger charge is 2.47. The van der Waals surface area contributed by atoms with Gasteiger partial charge in [0, 0.05) is 0 Å². The Bertz CT molecular complexity index is 247. The highest BCUT2D eigenvalue weighted by molar-refractivity contribution is 6.12. The molecule has 1 aliphatic carbocycles. The maximum atomic E-state index is 2.56. The first kappa shape index (κ1) is 15.1. The van der Waals surface area contributed by atoms with Gasteiger partial charge in [-0.15, -0.1) is 0 Å². The van der Waals surface area contributed by atoms with Crippen molar-refractivity contribution in [2.24, 2.45) is 28.6 Å². The van der Waals surface area contributed by atoms with Gasteiger partial charge in [0.25, 0.3) is 0 Å². The molecule has 0 aromatic heterocycles. The van der Waals surface area contributed by atoms with Gasteiger partial charge in [0.2, 0.25) is 0 Å². The minimum absolute atomic E-state index is 0.473. The van der Waals surface area contributed by atoms with E-state index in [1.54, 1.807) is 0 Å². The summed E-state index contributed by atoms with van der Waals surface area (Å²) in [6.07, 6.45) is 4.23. The second-order valence-corrected chi connectivity index (χ2v) is 8.66. The van der Waals surface area contributed by atoms with Crippen molar-refractivity contribution in [3.8, 4) is 0 Å². The topological polar surface area (TPSA) is 0 Å². The van der Waals surface area contributed by atoms with Crippen LogP contribution in [0.5, 0.6) is 0 Å². The lowest BCUT2D eigenvalue weighted by atomic mass is 9.67. The third kappa shape index (κ3) is 3.76. The van der Waals surface area contributed by atoms with E-state index in [0.29, 0.717) is 10.8 Å². The van der Waals surface area contributed by atoms with Crippen molar-refractivity contribution in [2.45, 2.75) is 73.5 Å². The molecule has 0 N–H and O–H groups in total. The zero-order valence-corrected chi connectivity index (χ0v) is 13.4. The second-order valence-electron chi connectivity index (χ2n) is 8.66. The van der Waals surface area contributed by atoms with Crippen molar-refractivity contribution in [3.63, 3.8) is 0 Å². The summed E-state index contributed by atoms with van der Waals surface area (Å²) >= 11 is 0. The van der Waals surface area contributed by atoms with Crippen LogP contribution in [0.3, 0.4) is 0 Å². The molecule has 0 saturated heterocycles. The molecular weight excluding hydrogens is 203 g/mol. The Balaban J connectivity index is 2.87. The van der Waals surface area contributed by atoms with E-state index in [0.717, 1.165) is 23.6 Å². The fourth-order valence-corrected chi connectivity index (χ4v) is 4.36. The molecule has 0 aliphatic heterocycles. The van der Waals surface area contributed by atoms with Crippen LogP contribution in [0.1, 0.15) is 67.7 Å². The number of hydrogen-bond donors (Lipinski definition) is 0. The first-order valence-corrected chi connectivity index (χ1v) is 7.55. The first-order chi connectivity index (χ1) is 7.55. The molecule has 1 fully saturated rings. The normalized spacial score (nSPS) is 38.9. The third-order valence-corrected chi connectivity index (χ3v) is 4.92. The summed E-state index contributed by atoms with van der Waals surface area (Å²) in [5.41, 5.74) is 1.06. The summed E-state index contributed by atoms with van der Waals surface area (Å²) in [6.45, 7) is 17.0. The van der Waals surface area contributed by atoms with Crippen LogP contribution in [0.2, 0.25) is 5.82 Å². The van der Waals surface area contributed by atoms with Crippen LogP contribution in [-0.4, -0.2) is 7.85 Å². The Morgan fingerprint density at radius 3 is 2.24 bits per heavy atom.